The summed E-state index contributed by atoms with van der Waals surface area (Å²) in [6, 6.07) is 3.39. The second-order valence-electron chi connectivity index (χ2n) is 12.0. The Morgan fingerprint density at radius 2 is 1.74 bits per heavy atom. The lowest BCUT2D eigenvalue weighted by molar-refractivity contribution is -0.160. The van der Waals surface area contributed by atoms with Crippen molar-refractivity contribution in [1.29, 1.82) is 0 Å². The van der Waals surface area contributed by atoms with Crippen LogP contribution < -0.4 is 9.62 Å². The number of rotatable bonds is 9. The zero-order valence-corrected chi connectivity index (χ0v) is 26.9. The summed E-state index contributed by atoms with van der Waals surface area (Å²) >= 11 is 0. The number of anilines is 2. The minimum atomic E-state index is -4.13. The molecule has 4 aromatic rings. The topological polar surface area (TPSA) is 150 Å². The van der Waals surface area contributed by atoms with Crippen molar-refractivity contribution in [1.82, 2.24) is 24.2 Å². The summed E-state index contributed by atoms with van der Waals surface area (Å²) in [4.78, 5) is 44.1. The van der Waals surface area contributed by atoms with Crippen molar-refractivity contribution in [2.45, 2.75) is 46.1 Å². The molecule has 46 heavy (non-hydrogen) atoms. The number of ether oxygens (including phenoxy) is 1. The Kier molecular flexibility index (Phi) is 9.09. The van der Waals surface area contributed by atoms with E-state index < -0.39 is 44.5 Å². The molecule has 244 valence electrons. The van der Waals surface area contributed by atoms with E-state index in [1.807, 2.05) is 25.7 Å². The number of ketones is 1. The summed E-state index contributed by atoms with van der Waals surface area (Å²) in [7, 11) is -2.84. The van der Waals surface area contributed by atoms with Gasteiger partial charge in [0, 0.05) is 73.5 Å². The molecule has 0 saturated carbocycles. The van der Waals surface area contributed by atoms with E-state index in [1.54, 1.807) is 31.6 Å². The average Bonchev–Trinajstić information content (AvgIpc) is 3.45. The highest BCUT2D eigenvalue weighted by Gasteiger charge is 2.30. The van der Waals surface area contributed by atoms with E-state index >= 15 is 4.39 Å². The fourth-order valence-corrected chi connectivity index (χ4v) is 5.98. The van der Waals surface area contributed by atoms with Crippen molar-refractivity contribution in [3.8, 4) is 11.1 Å². The largest absolute Gasteiger partial charge is 0.460 e. The first kappa shape index (κ1) is 32.9. The first-order valence-corrected chi connectivity index (χ1v) is 16.2. The molecule has 1 aromatic carbocycles. The Bertz CT molecular complexity index is 1880. The van der Waals surface area contributed by atoms with E-state index in [4.69, 9.17) is 4.74 Å². The molecule has 3 aromatic heterocycles. The fraction of sp³-hybridized carbons (Fsp3) is 0.387. The molecule has 5 rings (SSSR count). The molecule has 1 aliphatic rings. The third-order valence-electron chi connectivity index (χ3n) is 7.68. The van der Waals surface area contributed by atoms with Gasteiger partial charge in [-0.05, 0) is 51.8 Å². The minimum Gasteiger partial charge on any atom is -0.460 e. The van der Waals surface area contributed by atoms with E-state index in [0.717, 1.165) is 16.4 Å². The number of H-pyrrole nitrogens is 1. The van der Waals surface area contributed by atoms with Crippen molar-refractivity contribution >= 4 is 44.6 Å². The van der Waals surface area contributed by atoms with Crippen LogP contribution in [0.4, 0.5) is 20.4 Å². The van der Waals surface area contributed by atoms with Crippen LogP contribution in [0.1, 0.15) is 56.5 Å². The number of benzene rings is 1. The normalized spacial score (nSPS) is 14.6. The van der Waals surface area contributed by atoms with E-state index in [1.165, 1.54) is 13.2 Å². The predicted octanol–water partition coefficient (Wildman–Crippen LogP) is 4.70. The first-order chi connectivity index (χ1) is 21.7. The van der Waals surface area contributed by atoms with Crippen LogP contribution in [0.25, 0.3) is 22.2 Å². The van der Waals surface area contributed by atoms with Gasteiger partial charge in [0.05, 0.1) is 17.2 Å². The number of pyridine rings is 1. The second-order valence-corrected chi connectivity index (χ2v) is 13.8. The fourth-order valence-electron chi connectivity index (χ4n) is 5.04. The first-order valence-electron chi connectivity index (χ1n) is 14.7. The zero-order valence-electron chi connectivity index (χ0n) is 26.1. The molecular weight excluding hydrogens is 620 g/mol. The van der Waals surface area contributed by atoms with Crippen LogP contribution in [0.15, 0.2) is 43.0 Å². The van der Waals surface area contributed by atoms with Gasteiger partial charge in [-0.3, -0.25) is 14.3 Å². The molecule has 0 amide bonds. The molecular formula is C31H35F2N7O5S. The smallest absolute Gasteiger partial charge is 0.309 e. The highest BCUT2D eigenvalue weighted by molar-refractivity contribution is 7.90. The van der Waals surface area contributed by atoms with Crippen molar-refractivity contribution in [3.05, 3.63) is 65.7 Å². The quantitative estimate of drug-likeness (QED) is 0.193. The number of halogens is 2. The molecule has 15 heteroatoms. The lowest BCUT2D eigenvalue weighted by Crippen LogP contribution is -2.39. The van der Waals surface area contributed by atoms with Crippen molar-refractivity contribution in [3.63, 3.8) is 0 Å². The molecule has 2 N–H and O–H groups in total. The second kappa shape index (κ2) is 12.7. The molecule has 1 fully saturated rings. The Morgan fingerprint density at radius 3 is 2.37 bits per heavy atom. The van der Waals surface area contributed by atoms with Gasteiger partial charge in [-0.1, -0.05) is 6.92 Å². The molecule has 12 nitrogen and oxygen atoms in total. The molecule has 0 unspecified atom stereocenters. The third kappa shape index (κ3) is 6.84. The Balaban J connectivity index is 1.36. The number of hydrogen-bond donors (Lipinski definition) is 2. The van der Waals surface area contributed by atoms with E-state index in [0.29, 0.717) is 54.0 Å². The Morgan fingerprint density at radius 1 is 1.09 bits per heavy atom. The van der Waals surface area contributed by atoms with Crippen LogP contribution in [0.5, 0.6) is 0 Å². The molecule has 0 bridgehead atoms. The lowest BCUT2D eigenvalue weighted by atomic mass is 9.97. The van der Waals surface area contributed by atoms with Crippen LogP contribution in [-0.2, 0) is 19.7 Å². The van der Waals surface area contributed by atoms with E-state index in [9.17, 15) is 22.4 Å². The number of aromatic nitrogens is 4. The van der Waals surface area contributed by atoms with Gasteiger partial charge >= 0.3 is 16.2 Å². The summed E-state index contributed by atoms with van der Waals surface area (Å²) in [5, 5.41) is 0.297. The van der Waals surface area contributed by atoms with Crippen LogP contribution in [-0.4, -0.2) is 76.7 Å². The number of carbonyl (C=O) groups is 2. The Hall–Kier alpha value is -4.50. The van der Waals surface area contributed by atoms with Gasteiger partial charge in [-0.25, -0.2) is 23.7 Å². The number of esters is 1. The summed E-state index contributed by atoms with van der Waals surface area (Å²) in [5.41, 5.74) is -0.607. The maximum absolute atomic E-state index is 15.5. The number of nitrogens with zero attached hydrogens (tertiary/aromatic N) is 5. The van der Waals surface area contributed by atoms with Crippen molar-refractivity contribution in [2.24, 2.45) is 5.92 Å². The van der Waals surface area contributed by atoms with Crippen molar-refractivity contribution in [2.75, 3.05) is 36.3 Å². The highest BCUT2D eigenvalue weighted by atomic mass is 32.2. The summed E-state index contributed by atoms with van der Waals surface area (Å²) in [6.07, 6.45) is 7.32. The number of piperidine rings is 1. The van der Waals surface area contributed by atoms with Gasteiger partial charge in [-0.2, -0.15) is 12.7 Å². The summed E-state index contributed by atoms with van der Waals surface area (Å²) in [6.45, 7) is 8.42. The van der Waals surface area contributed by atoms with Crippen LogP contribution in [0.3, 0.4) is 0 Å². The molecule has 0 aliphatic carbocycles. The number of nitrogens with one attached hydrogen (secondary N) is 2. The number of carbonyl (C=O) groups excluding carboxylic acids is 2. The van der Waals surface area contributed by atoms with Gasteiger partial charge in [0.15, 0.2) is 5.82 Å². The van der Waals surface area contributed by atoms with Gasteiger partial charge in [0.25, 0.3) is 0 Å². The van der Waals surface area contributed by atoms with Crippen molar-refractivity contribution < 1.29 is 31.5 Å². The zero-order chi connectivity index (χ0) is 33.4. The summed E-state index contributed by atoms with van der Waals surface area (Å²) < 4.78 is 63.7. The Labute approximate surface area is 265 Å². The van der Waals surface area contributed by atoms with Crippen LogP contribution in [0, 0.1) is 17.6 Å². The number of aromatic amines is 1. The molecule has 1 saturated heterocycles. The van der Waals surface area contributed by atoms with E-state index in [2.05, 4.69) is 24.7 Å². The molecule has 0 atom stereocenters. The van der Waals surface area contributed by atoms with Gasteiger partial charge < -0.3 is 14.6 Å². The average molecular weight is 656 g/mol. The van der Waals surface area contributed by atoms with Crippen LogP contribution >= 0.6 is 0 Å². The molecule has 0 radical (unpaired) electrons. The van der Waals surface area contributed by atoms with E-state index in [-0.39, 0.29) is 24.0 Å². The highest BCUT2D eigenvalue weighted by Crippen LogP contribution is 2.30. The predicted molar refractivity (Wildman–Crippen MR) is 169 cm³/mol. The minimum absolute atomic E-state index is 0.0572. The molecule has 0 spiro atoms. The number of fused-ring (bicyclic) bond motifs is 1. The van der Waals surface area contributed by atoms with Gasteiger partial charge in [0.2, 0.25) is 11.7 Å². The summed E-state index contributed by atoms with van der Waals surface area (Å²) in [5.74, 6) is -3.35. The maximum Gasteiger partial charge on any atom is 0.309 e. The number of hydrogen-bond acceptors (Lipinski definition) is 9. The molecule has 4 heterocycles. The lowest BCUT2D eigenvalue weighted by Gasteiger charge is -2.32. The molecule has 1 aliphatic heterocycles. The van der Waals surface area contributed by atoms with Gasteiger partial charge in [0.1, 0.15) is 17.1 Å². The monoisotopic (exact) mass is 655 g/mol. The van der Waals surface area contributed by atoms with Crippen LogP contribution in [0.2, 0.25) is 0 Å². The standard InChI is InChI=1S/C31H35F2N7O5S/c1-6-39(5)46(43,44)38-24-8-7-23(32)25(26(24)33)27(41)22-17-35-28-21(22)13-19(14-34-28)20-15-36-30(37-16-20)40-11-9-18(10-12-40)29(42)45-31(2,3)4/h7-8,13-18,38H,6,9-12H2,1-5H3,(H,34,35). The van der Waals surface area contributed by atoms with Gasteiger partial charge in [-0.15, -0.1) is 0 Å². The maximum atomic E-state index is 15.5. The SMILES string of the molecule is CCN(C)S(=O)(=O)Nc1ccc(F)c(C(=O)c2c[nH]c3ncc(-c4cnc(N5CCC(C(=O)OC(C)(C)C)CC5)nc4)cc23)c1F. The third-order valence-corrected chi connectivity index (χ3v) is 9.23.